The molecule has 0 atom stereocenters. The summed E-state index contributed by atoms with van der Waals surface area (Å²) in [7, 11) is 3.20. The van der Waals surface area contributed by atoms with Crippen LogP contribution in [-0.4, -0.2) is 65.1 Å². The largest absolute Gasteiger partial charge is 0.355 e. The highest BCUT2D eigenvalue weighted by Gasteiger charge is 2.35. The van der Waals surface area contributed by atoms with Gasteiger partial charge < -0.3 is 27.1 Å². The predicted octanol–water partition coefficient (Wildman–Crippen LogP) is 7.91. The van der Waals surface area contributed by atoms with Gasteiger partial charge >= 0.3 is 0 Å². The van der Waals surface area contributed by atoms with E-state index in [0.717, 1.165) is 88.3 Å². The van der Waals surface area contributed by atoms with Crippen LogP contribution in [0, 0.1) is 0 Å². The maximum absolute atomic E-state index is 12.6. The molecule has 2 aliphatic carbocycles. The highest BCUT2D eigenvalue weighted by molar-refractivity contribution is 6.01. The zero-order valence-corrected chi connectivity index (χ0v) is 36.1. The summed E-state index contributed by atoms with van der Waals surface area (Å²) in [5.41, 5.74) is 24.6. The van der Waals surface area contributed by atoms with E-state index in [4.69, 9.17) is 26.5 Å². The summed E-state index contributed by atoms with van der Waals surface area (Å²) in [4.78, 5) is 42.5. The summed E-state index contributed by atoms with van der Waals surface area (Å²) in [5, 5.41) is 14.6. The Morgan fingerprint density at radius 3 is 1.62 bits per heavy atom. The first kappa shape index (κ1) is 41.2. The number of hydrogen-bond acceptors (Lipinski definition) is 9. The fourth-order valence-electron chi connectivity index (χ4n) is 8.83. The number of fused-ring (bicyclic) bond motifs is 2. The van der Waals surface area contributed by atoms with Gasteiger partial charge in [-0.05, 0) is 61.8 Å². The highest BCUT2D eigenvalue weighted by Crippen LogP contribution is 2.42. The summed E-state index contributed by atoms with van der Waals surface area (Å²) in [6.45, 7) is 0. The van der Waals surface area contributed by atoms with Gasteiger partial charge in [-0.1, -0.05) is 109 Å². The third-order valence-electron chi connectivity index (χ3n) is 12.8. The number of nitrogens with two attached hydrogens (primary N) is 2. The summed E-state index contributed by atoms with van der Waals surface area (Å²) >= 11 is 0. The molecule has 14 heteroatoms. The second-order valence-electron chi connectivity index (χ2n) is 16.8. The Bertz CT molecular complexity index is 3170. The van der Waals surface area contributed by atoms with E-state index in [1.165, 1.54) is 6.42 Å². The third kappa shape index (κ3) is 7.41. The summed E-state index contributed by atoms with van der Waals surface area (Å²) in [6, 6.07) is 40.0. The maximum atomic E-state index is 12.6. The Morgan fingerprint density at radius 1 is 0.615 bits per heavy atom. The minimum absolute atomic E-state index is 0.191. The lowest BCUT2D eigenvalue weighted by Crippen LogP contribution is -2.43. The summed E-state index contributed by atoms with van der Waals surface area (Å²) in [6.07, 6.45) is 11.5. The normalized spacial score (nSPS) is 14.8. The molecule has 14 nitrogen and oxygen atoms in total. The molecule has 2 saturated carbocycles. The molecule has 0 spiro atoms. The SMILES string of the molecule is CNC(=O)c1cc(-c2ncc[nH]2)c2nc(-c3ccc(C4(N)CCC4)cc3)c(-c3ccccc3)n2n1.CNC(=O)c1ccnn2c(-c3ccccc3)c(-c3ccc(C4(N)CCC4)cc3)nc12. The topological polar surface area (TPSA) is 199 Å². The number of carbonyl (C=O) groups is 2. The smallest absolute Gasteiger partial charge is 0.271 e. The Morgan fingerprint density at radius 2 is 1.14 bits per heavy atom. The van der Waals surface area contributed by atoms with Crippen LogP contribution in [0.25, 0.3) is 67.7 Å². The number of imidazole rings is 3. The van der Waals surface area contributed by atoms with Crippen molar-refractivity contribution in [3.63, 3.8) is 0 Å². The first-order chi connectivity index (χ1) is 31.7. The lowest BCUT2D eigenvalue weighted by molar-refractivity contribution is 0.0951. The number of amides is 2. The van der Waals surface area contributed by atoms with Gasteiger partial charge in [-0.25, -0.2) is 24.0 Å². The van der Waals surface area contributed by atoms with Gasteiger partial charge in [0.1, 0.15) is 22.9 Å². The van der Waals surface area contributed by atoms with Gasteiger partial charge in [-0.3, -0.25) is 9.59 Å². The molecule has 5 aromatic heterocycles. The first-order valence-corrected chi connectivity index (χ1v) is 21.8. The standard InChI is InChI=1S/C27H25N7O.C24H23N5O/c1-29-26(35)21-16-20(24-30-14-15-31-24)25-32-22(23(34(25)33-21)18-6-3-2-4-7-18)17-8-10-19(11-9-17)27(28)12-5-13-27;1-26-23(30)19-12-15-27-29-21(17-6-3-2-4-7-17)20(28-22(19)29)16-8-10-18(11-9-16)24(25)13-5-14-24/h2-4,6-11,14-16H,5,12-13,28H2,1H3,(H,29,35)(H,30,31);2-4,6-12,15H,5,13-14,25H2,1H3,(H,26,30). The number of rotatable bonds is 9. The van der Waals surface area contributed by atoms with Crippen molar-refractivity contribution < 1.29 is 9.59 Å². The molecule has 65 heavy (non-hydrogen) atoms. The Labute approximate surface area is 375 Å². The molecular weight excluding hydrogens is 813 g/mol. The van der Waals surface area contributed by atoms with E-state index in [2.05, 4.69) is 74.2 Å². The molecule has 2 amide bonds. The molecule has 2 aliphatic rings. The number of nitrogens with zero attached hydrogens (tertiary/aromatic N) is 7. The highest BCUT2D eigenvalue weighted by atomic mass is 16.2. The summed E-state index contributed by atoms with van der Waals surface area (Å²) in [5.74, 6) is 0.139. The average Bonchev–Trinajstić information content (AvgIpc) is 4.11. The van der Waals surface area contributed by atoms with Crippen molar-refractivity contribution in [3.8, 4) is 56.4 Å². The molecular formula is C51H48N12O2. The van der Waals surface area contributed by atoms with Crippen LogP contribution in [-0.2, 0) is 11.1 Å². The summed E-state index contributed by atoms with van der Waals surface area (Å²) < 4.78 is 3.50. The van der Waals surface area contributed by atoms with Gasteiger partial charge in [-0.15, -0.1) is 0 Å². The van der Waals surface area contributed by atoms with Crippen molar-refractivity contribution in [2.45, 2.75) is 49.6 Å². The number of hydrogen-bond donors (Lipinski definition) is 5. The second-order valence-corrected chi connectivity index (χ2v) is 16.8. The molecule has 0 saturated heterocycles. The minimum atomic E-state index is -0.285. The third-order valence-corrected chi connectivity index (χ3v) is 12.8. The first-order valence-electron chi connectivity index (χ1n) is 21.8. The maximum Gasteiger partial charge on any atom is 0.271 e. The molecule has 2 fully saturated rings. The van der Waals surface area contributed by atoms with Gasteiger partial charge in [-0.2, -0.15) is 10.2 Å². The van der Waals surface area contributed by atoms with Crippen LogP contribution in [0.5, 0.6) is 0 Å². The van der Waals surface area contributed by atoms with E-state index in [1.807, 2.05) is 60.7 Å². The molecule has 0 radical (unpaired) electrons. The van der Waals surface area contributed by atoms with Crippen LogP contribution < -0.4 is 22.1 Å². The van der Waals surface area contributed by atoms with E-state index in [0.29, 0.717) is 28.2 Å². The van der Waals surface area contributed by atoms with Crippen molar-refractivity contribution in [2.24, 2.45) is 11.5 Å². The van der Waals surface area contributed by atoms with E-state index in [-0.39, 0.29) is 28.6 Å². The zero-order valence-electron chi connectivity index (χ0n) is 36.1. The van der Waals surface area contributed by atoms with Crippen LogP contribution in [0.3, 0.4) is 0 Å². The van der Waals surface area contributed by atoms with Gasteiger partial charge in [0.2, 0.25) is 0 Å². The molecule has 0 unspecified atom stereocenters. The van der Waals surface area contributed by atoms with Crippen molar-refractivity contribution >= 4 is 23.1 Å². The predicted molar refractivity (Wildman–Crippen MR) is 252 cm³/mol. The number of aromatic nitrogens is 8. The molecule has 0 aliphatic heterocycles. The zero-order chi connectivity index (χ0) is 44.7. The molecule has 4 aromatic carbocycles. The van der Waals surface area contributed by atoms with Crippen LogP contribution in [0.1, 0.15) is 70.5 Å². The monoisotopic (exact) mass is 860 g/mol. The number of carbonyl (C=O) groups excluding carboxylic acids is 2. The molecule has 7 N–H and O–H groups in total. The van der Waals surface area contributed by atoms with E-state index < -0.39 is 0 Å². The average molecular weight is 861 g/mol. The van der Waals surface area contributed by atoms with Crippen LogP contribution in [0.4, 0.5) is 0 Å². The molecule has 11 rings (SSSR count). The van der Waals surface area contributed by atoms with Crippen LogP contribution in [0.15, 0.2) is 140 Å². The van der Waals surface area contributed by atoms with Crippen molar-refractivity contribution in [2.75, 3.05) is 14.1 Å². The Kier molecular flexibility index (Phi) is 10.6. The molecule has 324 valence electrons. The number of nitrogens with one attached hydrogen (secondary N) is 3. The van der Waals surface area contributed by atoms with E-state index in [9.17, 15) is 9.59 Å². The van der Waals surface area contributed by atoms with Gasteiger partial charge in [0.25, 0.3) is 11.8 Å². The van der Waals surface area contributed by atoms with Gasteiger partial charge in [0, 0.05) is 66.0 Å². The van der Waals surface area contributed by atoms with E-state index >= 15 is 0 Å². The number of benzene rings is 4. The minimum Gasteiger partial charge on any atom is -0.355 e. The van der Waals surface area contributed by atoms with Gasteiger partial charge in [0.15, 0.2) is 11.3 Å². The van der Waals surface area contributed by atoms with Crippen molar-refractivity contribution in [1.82, 2.24) is 49.8 Å². The number of aromatic amines is 1. The van der Waals surface area contributed by atoms with Crippen molar-refractivity contribution in [3.05, 3.63) is 162 Å². The van der Waals surface area contributed by atoms with Gasteiger partial charge in [0.05, 0.1) is 22.5 Å². The lowest BCUT2D eigenvalue weighted by Gasteiger charge is -2.38. The lowest BCUT2D eigenvalue weighted by atomic mass is 9.72. The Hall–Kier alpha value is -7.81. The van der Waals surface area contributed by atoms with E-state index in [1.54, 1.807) is 53.8 Å². The second kappa shape index (κ2) is 16.7. The fraction of sp³-hybridized carbons (Fsp3) is 0.196. The van der Waals surface area contributed by atoms with Crippen LogP contribution >= 0.6 is 0 Å². The quantitative estimate of drug-likeness (QED) is 0.0957. The Balaban J connectivity index is 0.000000155. The molecule has 9 aromatic rings. The fourth-order valence-corrected chi connectivity index (χ4v) is 8.83. The van der Waals surface area contributed by atoms with Crippen LogP contribution in [0.2, 0.25) is 0 Å². The number of H-pyrrole nitrogens is 1. The molecule has 0 bridgehead atoms. The molecule has 5 heterocycles. The van der Waals surface area contributed by atoms with Crippen molar-refractivity contribution in [1.29, 1.82) is 0 Å².